The van der Waals surface area contributed by atoms with Crippen LogP contribution < -0.4 is 5.32 Å². The van der Waals surface area contributed by atoms with Gasteiger partial charge in [0.1, 0.15) is 0 Å². The molecule has 0 radical (unpaired) electrons. The van der Waals surface area contributed by atoms with Crippen molar-refractivity contribution in [2.45, 2.75) is 46.8 Å². The lowest BCUT2D eigenvalue weighted by Gasteiger charge is -2.35. The predicted molar refractivity (Wildman–Crippen MR) is 62.5 cm³/mol. The van der Waals surface area contributed by atoms with Gasteiger partial charge in [-0.3, -0.25) is 0 Å². The molecular weight excluding hydrogens is 174 g/mol. The fourth-order valence-electron chi connectivity index (χ4n) is 1.62. The van der Waals surface area contributed by atoms with Gasteiger partial charge in [-0.1, -0.05) is 33.8 Å². The summed E-state index contributed by atoms with van der Waals surface area (Å²) in [6.07, 6.45) is 2.12. The first-order chi connectivity index (χ1) is 6.47. The summed E-state index contributed by atoms with van der Waals surface area (Å²) < 4.78 is 5.78. The maximum atomic E-state index is 5.78. The van der Waals surface area contributed by atoms with E-state index in [-0.39, 0.29) is 17.6 Å². The molecule has 0 saturated heterocycles. The van der Waals surface area contributed by atoms with Crippen LogP contribution in [0.5, 0.6) is 0 Å². The number of rotatable bonds is 6. The fraction of sp³-hybridized carbons (Fsp3) is 0.833. The molecule has 0 aliphatic carbocycles. The molecule has 0 spiro atoms. The van der Waals surface area contributed by atoms with Gasteiger partial charge in [0.05, 0.1) is 12.1 Å². The average molecular weight is 199 g/mol. The number of hydrogen-bond donors (Lipinski definition) is 1. The largest absolute Gasteiger partial charge is 0.376 e. The molecule has 0 amide bonds. The lowest BCUT2D eigenvalue weighted by atomic mass is 9.84. The summed E-state index contributed by atoms with van der Waals surface area (Å²) in [7, 11) is 0. The van der Waals surface area contributed by atoms with Gasteiger partial charge in [-0.05, 0) is 18.9 Å². The number of ether oxygens (including phenoxy) is 1. The van der Waals surface area contributed by atoms with E-state index in [2.05, 4.69) is 39.6 Å². The van der Waals surface area contributed by atoms with Crippen molar-refractivity contribution in [3.05, 3.63) is 12.7 Å². The van der Waals surface area contributed by atoms with E-state index in [9.17, 15) is 0 Å². The van der Waals surface area contributed by atoms with E-state index in [1.54, 1.807) is 0 Å². The van der Waals surface area contributed by atoms with Crippen LogP contribution in [0.25, 0.3) is 0 Å². The van der Waals surface area contributed by atoms with Crippen molar-refractivity contribution in [3.63, 3.8) is 0 Å². The van der Waals surface area contributed by atoms with Crippen molar-refractivity contribution in [1.29, 1.82) is 0 Å². The molecule has 0 aromatic heterocycles. The molecule has 2 heteroatoms. The Morgan fingerprint density at radius 1 is 1.36 bits per heavy atom. The standard InChI is InChI=1S/C12H25NO/c1-7-10(13-8-2)11(14-9-3)12(4,5)6/h7,10-11,13H,1,8-9H2,2-6H3. The Morgan fingerprint density at radius 2 is 1.93 bits per heavy atom. The van der Waals surface area contributed by atoms with Crippen LogP contribution in [0.1, 0.15) is 34.6 Å². The molecule has 0 rings (SSSR count). The second-order valence-corrected chi connectivity index (χ2v) is 4.56. The number of hydrogen-bond acceptors (Lipinski definition) is 2. The third-order valence-corrected chi connectivity index (χ3v) is 2.22. The van der Waals surface area contributed by atoms with E-state index < -0.39 is 0 Å². The van der Waals surface area contributed by atoms with Crippen molar-refractivity contribution < 1.29 is 4.74 Å². The van der Waals surface area contributed by atoms with E-state index in [4.69, 9.17) is 4.74 Å². The van der Waals surface area contributed by atoms with Gasteiger partial charge in [0, 0.05) is 6.61 Å². The smallest absolute Gasteiger partial charge is 0.0811 e. The Bertz CT molecular complexity index is 160. The SMILES string of the molecule is C=CC(NCC)C(OCC)C(C)(C)C. The second-order valence-electron chi connectivity index (χ2n) is 4.56. The quantitative estimate of drug-likeness (QED) is 0.664. The first-order valence-corrected chi connectivity index (χ1v) is 5.44. The van der Waals surface area contributed by atoms with Gasteiger partial charge in [-0.15, -0.1) is 6.58 Å². The van der Waals surface area contributed by atoms with Crippen LogP contribution in [-0.2, 0) is 4.74 Å². The molecule has 0 fully saturated rings. The zero-order chi connectivity index (χ0) is 11.2. The van der Waals surface area contributed by atoms with Crippen molar-refractivity contribution >= 4 is 0 Å². The lowest BCUT2D eigenvalue weighted by molar-refractivity contribution is -0.0252. The summed E-state index contributed by atoms with van der Waals surface area (Å²) >= 11 is 0. The van der Waals surface area contributed by atoms with Crippen molar-refractivity contribution in [1.82, 2.24) is 5.32 Å². The minimum Gasteiger partial charge on any atom is -0.376 e. The van der Waals surface area contributed by atoms with Crippen molar-refractivity contribution in [2.75, 3.05) is 13.2 Å². The molecule has 0 aromatic carbocycles. The van der Waals surface area contributed by atoms with Gasteiger partial charge in [0.25, 0.3) is 0 Å². The highest BCUT2D eigenvalue weighted by Crippen LogP contribution is 2.25. The van der Waals surface area contributed by atoms with Crippen LogP contribution in [-0.4, -0.2) is 25.3 Å². The highest BCUT2D eigenvalue weighted by Gasteiger charge is 2.30. The molecule has 0 aliphatic rings. The summed E-state index contributed by atoms with van der Waals surface area (Å²) in [6.45, 7) is 16.3. The molecule has 0 aromatic rings. The van der Waals surface area contributed by atoms with Gasteiger partial charge < -0.3 is 10.1 Å². The molecular formula is C12H25NO. The summed E-state index contributed by atoms with van der Waals surface area (Å²) in [4.78, 5) is 0. The van der Waals surface area contributed by atoms with Crippen LogP contribution in [0.3, 0.4) is 0 Å². The van der Waals surface area contributed by atoms with E-state index in [1.807, 2.05) is 13.0 Å². The van der Waals surface area contributed by atoms with Crippen LogP contribution in [0.2, 0.25) is 0 Å². The predicted octanol–water partition coefficient (Wildman–Crippen LogP) is 2.60. The molecule has 1 N–H and O–H groups in total. The number of nitrogens with one attached hydrogen (secondary N) is 1. The molecule has 0 saturated carbocycles. The Kier molecular flexibility index (Phi) is 6.05. The lowest BCUT2D eigenvalue weighted by Crippen LogP contribution is -2.47. The number of likely N-dealkylation sites (N-methyl/N-ethyl adjacent to an activating group) is 1. The van der Waals surface area contributed by atoms with Crippen LogP contribution in [0.4, 0.5) is 0 Å². The van der Waals surface area contributed by atoms with Gasteiger partial charge in [0.2, 0.25) is 0 Å². The summed E-state index contributed by atoms with van der Waals surface area (Å²) in [5, 5.41) is 3.38. The third-order valence-electron chi connectivity index (χ3n) is 2.22. The molecule has 0 bridgehead atoms. The highest BCUT2D eigenvalue weighted by atomic mass is 16.5. The monoisotopic (exact) mass is 199 g/mol. The second kappa shape index (κ2) is 6.20. The topological polar surface area (TPSA) is 21.3 Å². The van der Waals surface area contributed by atoms with E-state index >= 15 is 0 Å². The van der Waals surface area contributed by atoms with E-state index in [1.165, 1.54) is 0 Å². The Labute approximate surface area is 88.7 Å². The molecule has 2 unspecified atom stereocenters. The third kappa shape index (κ3) is 4.25. The summed E-state index contributed by atoms with van der Waals surface area (Å²) in [5.41, 5.74) is 0.136. The Morgan fingerprint density at radius 3 is 2.21 bits per heavy atom. The molecule has 2 nitrogen and oxygen atoms in total. The molecule has 0 heterocycles. The molecule has 14 heavy (non-hydrogen) atoms. The minimum atomic E-state index is 0.136. The Hall–Kier alpha value is -0.340. The Balaban J connectivity index is 4.51. The highest BCUT2D eigenvalue weighted by molar-refractivity contribution is 4.96. The zero-order valence-electron chi connectivity index (χ0n) is 10.3. The van der Waals surface area contributed by atoms with Crippen LogP contribution in [0.15, 0.2) is 12.7 Å². The maximum absolute atomic E-state index is 5.78. The van der Waals surface area contributed by atoms with Gasteiger partial charge in [-0.25, -0.2) is 0 Å². The first kappa shape index (κ1) is 13.7. The molecule has 2 atom stereocenters. The molecule has 0 aliphatic heterocycles. The summed E-state index contributed by atoms with van der Waals surface area (Å²) in [5.74, 6) is 0. The fourth-order valence-corrected chi connectivity index (χ4v) is 1.62. The van der Waals surface area contributed by atoms with Gasteiger partial charge in [-0.2, -0.15) is 0 Å². The van der Waals surface area contributed by atoms with Crippen LogP contribution in [0, 0.1) is 5.41 Å². The van der Waals surface area contributed by atoms with E-state index in [0.717, 1.165) is 13.2 Å². The molecule has 84 valence electrons. The maximum Gasteiger partial charge on any atom is 0.0811 e. The minimum absolute atomic E-state index is 0.136. The first-order valence-electron chi connectivity index (χ1n) is 5.44. The van der Waals surface area contributed by atoms with Gasteiger partial charge in [0.15, 0.2) is 0 Å². The zero-order valence-corrected chi connectivity index (χ0v) is 10.3. The van der Waals surface area contributed by atoms with Gasteiger partial charge >= 0.3 is 0 Å². The van der Waals surface area contributed by atoms with Crippen molar-refractivity contribution in [3.8, 4) is 0 Å². The van der Waals surface area contributed by atoms with Crippen molar-refractivity contribution in [2.24, 2.45) is 5.41 Å². The normalized spacial score (nSPS) is 16.4. The van der Waals surface area contributed by atoms with Crippen LogP contribution >= 0.6 is 0 Å². The summed E-state index contributed by atoms with van der Waals surface area (Å²) in [6, 6.07) is 0.236. The van der Waals surface area contributed by atoms with E-state index in [0.29, 0.717) is 0 Å². The average Bonchev–Trinajstić information content (AvgIpc) is 2.09.